The van der Waals surface area contributed by atoms with Crippen LogP contribution >= 0.6 is 0 Å². The predicted molar refractivity (Wildman–Crippen MR) is 120 cm³/mol. The van der Waals surface area contributed by atoms with Crippen molar-refractivity contribution in [3.63, 3.8) is 0 Å². The van der Waals surface area contributed by atoms with Crippen LogP contribution in [0.25, 0.3) is 11.2 Å². The maximum absolute atomic E-state index is 13.5. The molecule has 4 heterocycles. The Morgan fingerprint density at radius 2 is 2.12 bits per heavy atom. The molecule has 1 aliphatic rings. The van der Waals surface area contributed by atoms with Gasteiger partial charge in [-0.05, 0) is 31.9 Å². The number of nitrogens with two attached hydrogens (primary N) is 1. The molecule has 1 aliphatic heterocycles. The van der Waals surface area contributed by atoms with E-state index in [1.54, 1.807) is 30.7 Å². The van der Waals surface area contributed by atoms with Gasteiger partial charge in [0.05, 0.1) is 30.4 Å². The van der Waals surface area contributed by atoms with Crippen molar-refractivity contribution < 1.29 is 0 Å². The van der Waals surface area contributed by atoms with E-state index >= 15 is 0 Å². The molecule has 3 aromatic rings. The number of fused-ring (bicyclic) bond motifs is 1. The lowest BCUT2D eigenvalue weighted by atomic mass is 10.1. The first-order valence-corrected chi connectivity index (χ1v) is 10.4. The summed E-state index contributed by atoms with van der Waals surface area (Å²) in [5.74, 6) is 6.46. The molecule has 0 amide bonds. The summed E-state index contributed by atoms with van der Waals surface area (Å²) < 4.78 is 4.25. The van der Waals surface area contributed by atoms with Crippen LogP contribution in [0.1, 0.15) is 31.0 Å². The van der Waals surface area contributed by atoms with E-state index < -0.39 is 11.2 Å². The molecule has 0 radical (unpaired) electrons. The lowest BCUT2D eigenvalue weighted by Crippen LogP contribution is -2.44. The molecule has 164 valence electrons. The zero-order valence-electron chi connectivity index (χ0n) is 18.1. The molecule has 0 saturated carbocycles. The molecule has 32 heavy (non-hydrogen) atoms. The van der Waals surface area contributed by atoms with Crippen LogP contribution in [0.5, 0.6) is 0 Å². The van der Waals surface area contributed by atoms with Crippen LogP contribution in [0.4, 0.5) is 5.95 Å². The quantitative estimate of drug-likeness (QED) is 0.582. The van der Waals surface area contributed by atoms with Gasteiger partial charge in [-0.3, -0.25) is 23.5 Å². The molecule has 0 spiro atoms. The molecule has 4 rings (SSSR count). The van der Waals surface area contributed by atoms with Gasteiger partial charge in [0.1, 0.15) is 0 Å². The molecule has 1 saturated heterocycles. The van der Waals surface area contributed by atoms with Gasteiger partial charge in [-0.25, -0.2) is 4.79 Å². The molecule has 1 atom stereocenters. The zero-order chi connectivity index (χ0) is 22.8. The van der Waals surface area contributed by atoms with Crippen LogP contribution in [0, 0.1) is 23.2 Å². The van der Waals surface area contributed by atoms with Gasteiger partial charge in [-0.15, -0.1) is 5.92 Å². The summed E-state index contributed by atoms with van der Waals surface area (Å²) in [6.45, 7) is 3.34. The van der Waals surface area contributed by atoms with Crippen LogP contribution in [0.3, 0.4) is 0 Å². The minimum atomic E-state index is -0.500. The molecule has 0 bridgehead atoms. The monoisotopic (exact) mass is 432 g/mol. The van der Waals surface area contributed by atoms with Crippen molar-refractivity contribution >= 4 is 17.1 Å². The normalized spacial score (nSPS) is 15.9. The summed E-state index contributed by atoms with van der Waals surface area (Å²) in [7, 11) is 1.59. The van der Waals surface area contributed by atoms with Crippen LogP contribution in [-0.2, 0) is 20.1 Å². The second kappa shape index (κ2) is 8.69. The average Bonchev–Trinajstić information content (AvgIpc) is 3.19. The SMILES string of the molecule is CC#CCn1c(N2CCCC(N)C2)nc2c1c(=O)n(Cc1cc(C#N)ccn1)c(=O)n2C. The smallest absolute Gasteiger partial charge is 0.332 e. The van der Waals surface area contributed by atoms with Crippen LogP contribution in [-0.4, -0.2) is 42.8 Å². The van der Waals surface area contributed by atoms with Crippen molar-refractivity contribution in [1.82, 2.24) is 23.7 Å². The lowest BCUT2D eigenvalue weighted by molar-refractivity contribution is 0.496. The minimum absolute atomic E-state index is 0.0215. The molecule has 0 aliphatic carbocycles. The van der Waals surface area contributed by atoms with Crippen LogP contribution in [0.2, 0.25) is 0 Å². The van der Waals surface area contributed by atoms with E-state index in [-0.39, 0.29) is 19.1 Å². The van der Waals surface area contributed by atoms with E-state index in [1.165, 1.54) is 10.8 Å². The Morgan fingerprint density at radius 1 is 1.31 bits per heavy atom. The summed E-state index contributed by atoms with van der Waals surface area (Å²) in [6.07, 6.45) is 3.35. The molecule has 10 nitrogen and oxygen atoms in total. The summed E-state index contributed by atoms with van der Waals surface area (Å²) >= 11 is 0. The number of pyridine rings is 1. The third-order valence-electron chi connectivity index (χ3n) is 5.63. The van der Waals surface area contributed by atoms with Crippen molar-refractivity contribution in [3.05, 3.63) is 50.4 Å². The van der Waals surface area contributed by atoms with E-state index in [2.05, 4.69) is 26.7 Å². The second-order valence-electron chi connectivity index (χ2n) is 7.83. The lowest BCUT2D eigenvalue weighted by Gasteiger charge is -2.31. The topological polar surface area (TPSA) is 128 Å². The standard InChI is InChI=1S/C22H24N8O2/c1-3-4-10-29-18-19(26-21(29)28-9-5-6-16(24)13-28)27(2)22(32)30(20(18)31)14-17-11-15(12-23)7-8-25-17/h7-8,11,16H,5-6,9-10,13-14,24H2,1-2H3. The molecular formula is C22H24N8O2. The molecule has 3 aromatic heterocycles. The molecule has 1 fully saturated rings. The Morgan fingerprint density at radius 3 is 2.84 bits per heavy atom. The van der Waals surface area contributed by atoms with Gasteiger partial charge in [-0.2, -0.15) is 10.2 Å². The first kappa shape index (κ1) is 21.3. The molecule has 1 unspecified atom stereocenters. The van der Waals surface area contributed by atoms with Gasteiger partial charge in [0, 0.05) is 32.4 Å². The van der Waals surface area contributed by atoms with Gasteiger partial charge in [0.25, 0.3) is 5.56 Å². The highest BCUT2D eigenvalue weighted by Gasteiger charge is 2.26. The molecular weight excluding hydrogens is 408 g/mol. The Kier molecular flexibility index (Phi) is 5.80. The van der Waals surface area contributed by atoms with Crippen molar-refractivity contribution in [3.8, 4) is 17.9 Å². The van der Waals surface area contributed by atoms with Gasteiger partial charge < -0.3 is 10.6 Å². The zero-order valence-corrected chi connectivity index (χ0v) is 18.1. The highest BCUT2D eigenvalue weighted by molar-refractivity contribution is 5.75. The Balaban J connectivity index is 1.92. The van der Waals surface area contributed by atoms with Gasteiger partial charge in [0.2, 0.25) is 5.95 Å². The van der Waals surface area contributed by atoms with E-state index in [0.29, 0.717) is 34.9 Å². The minimum Gasteiger partial charge on any atom is -0.341 e. The van der Waals surface area contributed by atoms with Gasteiger partial charge in [0.15, 0.2) is 11.2 Å². The number of rotatable bonds is 4. The number of aromatic nitrogens is 5. The van der Waals surface area contributed by atoms with Crippen molar-refractivity contribution in [2.75, 3.05) is 18.0 Å². The van der Waals surface area contributed by atoms with Gasteiger partial charge >= 0.3 is 5.69 Å². The summed E-state index contributed by atoms with van der Waals surface area (Å²) in [6, 6.07) is 5.20. The number of hydrogen-bond acceptors (Lipinski definition) is 7. The summed E-state index contributed by atoms with van der Waals surface area (Å²) in [4.78, 5) is 37.5. The maximum atomic E-state index is 13.5. The molecule has 10 heteroatoms. The first-order valence-electron chi connectivity index (χ1n) is 10.4. The largest absolute Gasteiger partial charge is 0.341 e. The van der Waals surface area contributed by atoms with E-state index in [1.807, 2.05) is 6.07 Å². The predicted octanol–water partition coefficient (Wildman–Crippen LogP) is 0.162. The number of piperidine rings is 1. The highest BCUT2D eigenvalue weighted by Crippen LogP contribution is 2.22. The van der Waals surface area contributed by atoms with Crippen LogP contribution < -0.4 is 21.9 Å². The number of imidazole rings is 1. The number of aryl methyl sites for hydroxylation is 1. The maximum Gasteiger partial charge on any atom is 0.332 e. The van der Waals surface area contributed by atoms with Crippen molar-refractivity contribution in [1.29, 1.82) is 5.26 Å². The van der Waals surface area contributed by atoms with Crippen molar-refractivity contribution in [2.45, 2.75) is 38.9 Å². The summed E-state index contributed by atoms with van der Waals surface area (Å²) in [5, 5.41) is 9.14. The Bertz CT molecular complexity index is 1400. The average molecular weight is 432 g/mol. The summed E-state index contributed by atoms with van der Waals surface area (Å²) in [5.41, 5.74) is 6.67. The van der Waals surface area contributed by atoms with E-state index in [0.717, 1.165) is 24.0 Å². The fourth-order valence-electron chi connectivity index (χ4n) is 4.04. The highest BCUT2D eigenvalue weighted by atomic mass is 16.2. The van der Waals surface area contributed by atoms with Crippen LogP contribution in [0.15, 0.2) is 27.9 Å². The second-order valence-corrected chi connectivity index (χ2v) is 7.83. The molecule has 2 N–H and O–H groups in total. The number of anilines is 1. The van der Waals surface area contributed by atoms with Gasteiger partial charge in [-0.1, -0.05) is 5.92 Å². The first-order chi connectivity index (χ1) is 15.4. The van der Waals surface area contributed by atoms with Crippen molar-refractivity contribution in [2.24, 2.45) is 12.8 Å². The number of hydrogen-bond donors (Lipinski definition) is 1. The third kappa shape index (κ3) is 3.77. The number of nitriles is 1. The fraction of sp³-hybridized carbons (Fsp3) is 0.409. The van der Waals surface area contributed by atoms with E-state index in [4.69, 9.17) is 11.0 Å². The molecule has 0 aromatic carbocycles. The Hall–Kier alpha value is -3.89. The third-order valence-corrected chi connectivity index (χ3v) is 5.63. The Labute approximate surface area is 184 Å². The van der Waals surface area contributed by atoms with E-state index in [9.17, 15) is 9.59 Å². The fourth-order valence-corrected chi connectivity index (χ4v) is 4.04. The number of nitrogens with zero attached hydrogens (tertiary/aromatic N) is 7.